The molecule has 5 nitrogen and oxygen atoms in total. The van der Waals surface area contributed by atoms with Gasteiger partial charge in [-0.3, -0.25) is 10.1 Å². The summed E-state index contributed by atoms with van der Waals surface area (Å²) in [7, 11) is 0. The summed E-state index contributed by atoms with van der Waals surface area (Å²) in [6.07, 6.45) is 0. The number of rotatable bonds is 4. The molecule has 0 spiro atoms. The Labute approximate surface area is 118 Å². The quantitative estimate of drug-likeness (QED) is 0.687. The van der Waals surface area contributed by atoms with Crippen LogP contribution in [0.5, 0.6) is 0 Å². The Hall–Kier alpha value is -2.10. The van der Waals surface area contributed by atoms with Crippen LogP contribution in [0.15, 0.2) is 30.3 Å². The summed E-state index contributed by atoms with van der Waals surface area (Å²) in [5, 5.41) is 22.6. The van der Waals surface area contributed by atoms with Gasteiger partial charge >= 0.3 is 0 Å². The largest absolute Gasteiger partial charge is 0.380 e. The van der Waals surface area contributed by atoms with E-state index in [1.165, 1.54) is 23.5 Å². The minimum absolute atomic E-state index is 0.110. The van der Waals surface area contributed by atoms with Gasteiger partial charge in [0.25, 0.3) is 5.69 Å². The number of thiophene rings is 1. The van der Waals surface area contributed by atoms with Gasteiger partial charge in [0.05, 0.1) is 4.92 Å². The predicted octanol–water partition coefficient (Wildman–Crippen LogP) is 3.79. The number of nitrogens with one attached hydrogen (secondary N) is 1. The Bertz CT molecular complexity index is 663. The highest BCUT2D eigenvalue weighted by Gasteiger charge is 2.12. The second-order valence-corrected chi connectivity index (χ2v) is 5.23. The highest BCUT2D eigenvalue weighted by atomic mass is 35.5. The van der Waals surface area contributed by atoms with E-state index in [0.29, 0.717) is 17.1 Å². The van der Waals surface area contributed by atoms with Crippen LogP contribution >= 0.6 is 22.9 Å². The van der Waals surface area contributed by atoms with Gasteiger partial charge in [0, 0.05) is 23.2 Å². The van der Waals surface area contributed by atoms with Crippen molar-refractivity contribution in [3.63, 3.8) is 0 Å². The number of benzene rings is 1. The Morgan fingerprint density at radius 3 is 2.84 bits per heavy atom. The van der Waals surface area contributed by atoms with Crippen LogP contribution in [0.1, 0.15) is 9.75 Å². The van der Waals surface area contributed by atoms with Crippen molar-refractivity contribution in [3.05, 3.63) is 55.2 Å². The molecule has 0 fully saturated rings. The van der Waals surface area contributed by atoms with Crippen LogP contribution in [0.4, 0.5) is 11.4 Å². The van der Waals surface area contributed by atoms with Crippen LogP contribution in [-0.2, 0) is 6.54 Å². The summed E-state index contributed by atoms with van der Waals surface area (Å²) in [6, 6.07) is 10.2. The van der Waals surface area contributed by atoms with E-state index in [9.17, 15) is 10.1 Å². The Morgan fingerprint density at radius 1 is 1.42 bits per heavy atom. The standard InChI is InChI=1S/C12H8ClN3O2S/c13-11-4-1-8(5-12(11)16(17)18)15-7-10-3-2-9(6-14)19-10/h1-5,15H,7H2. The zero-order valence-corrected chi connectivity index (χ0v) is 11.2. The molecular formula is C12H8ClN3O2S. The molecule has 1 heterocycles. The lowest BCUT2D eigenvalue weighted by molar-refractivity contribution is -0.384. The van der Waals surface area contributed by atoms with Crippen LogP contribution in [-0.4, -0.2) is 4.92 Å². The van der Waals surface area contributed by atoms with Crippen molar-refractivity contribution in [1.29, 1.82) is 5.26 Å². The first kappa shape index (κ1) is 13.3. The number of nitriles is 1. The number of nitro benzene ring substituents is 1. The molecule has 0 radical (unpaired) electrons. The Balaban J connectivity index is 2.09. The molecule has 0 aliphatic heterocycles. The molecule has 0 aliphatic rings. The Morgan fingerprint density at radius 2 is 2.21 bits per heavy atom. The average molecular weight is 294 g/mol. The molecule has 0 bridgehead atoms. The first-order valence-electron chi connectivity index (χ1n) is 5.27. The van der Waals surface area contributed by atoms with Gasteiger partial charge in [-0.2, -0.15) is 5.26 Å². The molecule has 96 valence electrons. The van der Waals surface area contributed by atoms with Crippen LogP contribution < -0.4 is 5.32 Å². The molecule has 0 aliphatic carbocycles. The molecule has 1 aromatic carbocycles. The fraction of sp³-hybridized carbons (Fsp3) is 0.0833. The zero-order valence-electron chi connectivity index (χ0n) is 9.59. The second kappa shape index (κ2) is 5.69. The molecular weight excluding hydrogens is 286 g/mol. The van der Waals surface area contributed by atoms with Gasteiger partial charge in [-0.25, -0.2) is 0 Å². The maximum absolute atomic E-state index is 10.7. The lowest BCUT2D eigenvalue weighted by atomic mass is 10.2. The maximum atomic E-state index is 10.7. The highest BCUT2D eigenvalue weighted by Crippen LogP contribution is 2.27. The number of anilines is 1. The first-order chi connectivity index (χ1) is 9.10. The van der Waals surface area contributed by atoms with Crippen LogP contribution in [0.25, 0.3) is 0 Å². The summed E-state index contributed by atoms with van der Waals surface area (Å²) >= 11 is 7.11. The molecule has 0 saturated carbocycles. The van der Waals surface area contributed by atoms with E-state index in [1.807, 2.05) is 6.07 Å². The third kappa shape index (κ3) is 3.22. The SMILES string of the molecule is N#Cc1ccc(CNc2ccc(Cl)c([N+](=O)[O-])c2)s1. The number of halogens is 1. The first-order valence-corrected chi connectivity index (χ1v) is 6.46. The summed E-state index contributed by atoms with van der Waals surface area (Å²) < 4.78 is 0. The third-order valence-corrected chi connectivity index (χ3v) is 3.69. The lowest BCUT2D eigenvalue weighted by Gasteiger charge is -2.05. The minimum atomic E-state index is -0.521. The van der Waals surface area contributed by atoms with Crippen molar-refractivity contribution in [2.45, 2.75) is 6.54 Å². The molecule has 19 heavy (non-hydrogen) atoms. The molecule has 2 aromatic rings. The van der Waals surface area contributed by atoms with Gasteiger partial charge in [-0.15, -0.1) is 11.3 Å². The smallest absolute Gasteiger partial charge is 0.289 e. The monoisotopic (exact) mass is 293 g/mol. The molecule has 0 saturated heterocycles. The van der Waals surface area contributed by atoms with Crippen LogP contribution in [0.2, 0.25) is 5.02 Å². The normalized spacial score (nSPS) is 9.89. The van der Waals surface area contributed by atoms with Gasteiger partial charge in [0.15, 0.2) is 0 Å². The van der Waals surface area contributed by atoms with E-state index in [2.05, 4.69) is 11.4 Å². The zero-order chi connectivity index (χ0) is 13.8. The van der Waals surface area contributed by atoms with Gasteiger partial charge in [0.1, 0.15) is 16.0 Å². The van der Waals surface area contributed by atoms with Gasteiger partial charge in [0.2, 0.25) is 0 Å². The maximum Gasteiger partial charge on any atom is 0.289 e. The van der Waals surface area contributed by atoms with Gasteiger partial charge in [-0.05, 0) is 24.3 Å². The fourth-order valence-electron chi connectivity index (χ4n) is 1.48. The molecule has 0 atom stereocenters. The Kier molecular flexibility index (Phi) is 4.00. The summed E-state index contributed by atoms with van der Waals surface area (Å²) in [5.41, 5.74) is 0.485. The molecule has 7 heteroatoms. The number of nitro groups is 1. The van der Waals surface area contributed by atoms with E-state index in [4.69, 9.17) is 16.9 Å². The van der Waals surface area contributed by atoms with E-state index >= 15 is 0 Å². The minimum Gasteiger partial charge on any atom is -0.380 e. The highest BCUT2D eigenvalue weighted by molar-refractivity contribution is 7.12. The van der Waals surface area contributed by atoms with E-state index in [1.54, 1.807) is 12.1 Å². The van der Waals surface area contributed by atoms with E-state index < -0.39 is 4.92 Å². The predicted molar refractivity (Wildman–Crippen MR) is 74.5 cm³/mol. The molecule has 0 amide bonds. The molecule has 2 rings (SSSR count). The molecule has 1 N–H and O–H groups in total. The topological polar surface area (TPSA) is 79.0 Å². The summed E-state index contributed by atoms with van der Waals surface area (Å²) in [4.78, 5) is 11.8. The van der Waals surface area contributed by atoms with Gasteiger partial charge < -0.3 is 5.32 Å². The summed E-state index contributed by atoms with van der Waals surface area (Å²) in [6.45, 7) is 0.505. The average Bonchev–Trinajstić information content (AvgIpc) is 2.85. The lowest BCUT2D eigenvalue weighted by Crippen LogP contribution is -1.98. The van der Waals surface area contributed by atoms with Crippen molar-refractivity contribution in [2.75, 3.05) is 5.32 Å². The van der Waals surface area contributed by atoms with Crippen molar-refractivity contribution in [1.82, 2.24) is 0 Å². The van der Waals surface area contributed by atoms with Crippen LogP contribution in [0, 0.1) is 21.4 Å². The van der Waals surface area contributed by atoms with E-state index in [0.717, 1.165) is 4.88 Å². The molecule has 1 aromatic heterocycles. The van der Waals surface area contributed by atoms with Crippen molar-refractivity contribution < 1.29 is 4.92 Å². The van der Waals surface area contributed by atoms with E-state index in [-0.39, 0.29) is 10.7 Å². The van der Waals surface area contributed by atoms with Gasteiger partial charge in [-0.1, -0.05) is 11.6 Å². The third-order valence-electron chi connectivity index (χ3n) is 2.38. The van der Waals surface area contributed by atoms with Crippen molar-refractivity contribution in [2.24, 2.45) is 0 Å². The van der Waals surface area contributed by atoms with Crippen molar-refractivity contribution >= 4 is 34.3 Å². The summed E-state index contributed by atoms with van der Waals surface area (Å²) in [5.74, 6) is 0. The second-order valence-electron chi connectivity index (χ2n) is 3.65. The number of nitrogens with zero attached hydrogens (tertiary/aromatic N) is 2. The van der Waals surface area contributed by atoms with Crippen LogP contribution in [0.3, 0.4) is 0 Å². The van der Waals surface area contributed by atoms with Crippen molar-refractivity contribution in [3.8, 4) is 6.07 Å². The fourth-order valence-corrected chi connectivity index (χ4v) is 2.42. The number of hydrogen-bond acceptors (Lipinski definition) is 5. The molecule has 0 unspecified atom stereocenters. The number of hydrogen-bond donors (Lipinski definition) is 1.